The van der Waals surface area contributed by atoms with Crippen LogP contribution in [0, 0.1) is 13.8 Å². The molecule has 1 fully saturated rings. The molecule has 2 aromatic carbocycles. The third-order valence-corrected chi connectivity index (χ3v) is 6.69. The zero-order chi connectivity index (χ0) is 21.8. The van der Waals surface area contributed by atoms with Crippen molar-refractivity contribution in [2.24, 2.45) is 0 Å². The van der Waals surface area contributed by atoms with Crippen LogP contribution in [0.4, 0.5) is 5.69 Å². The highest BCUT2D eigenvalue weighted by Gasteiger charge is 2.23. The average Bonchev–Trinajstić information content (AvgIpc) is 3.15. The Hall–Kier alpha value is -2.93. The third-order valence-electron chi connectivity index (χ3n) is 5.53. The summed E-state index contributed by atoms with van der Waals surface area (Å²) in [6, 6.07) is 18.1. The van der Waals surface area contributed by atoms with Crippen LogP contribution in [0.1, 0.15) is 17.0 Å². The van der Waals surface area contributed by atoms with Gasteiger partial charge in [-0.05, 0) is 38.1 Å². The molecular weight excluding hydrogens is 410 g/mol. The van der Waals surface area contributed by atoms with Gasteiger partial charge in [0.25, 0.3) is 0 Å². The number of carbonyl (C=O) groups is 1. The molecule has 0 N–H and O–H groups in total. The molecule has 0 spiro atoms. The fourth-order valence-electron chi connectivity index (χ4n) is 3.67. The van der Waals surface area contributed by atoms with Crippen LogP contribution in [-0.4, -0.2) is 51.9 Å². The molecule has 7 heteroatoms. The molecule has 0 unspecified atom stereocenters. The number of amides is 1. The molecule has 0 radical (unpaired) electrons. The molecule has 3 aromatic rings. The van der Waals surface area contributed by atoms with Crippen LogP contribution in [0.25, 0.3) is 11.5 Å². The number of aryl methyl sites for hydroxylation is 2. The van der Waals surface area contributed by atoms with Gasteiger partial charge < -0.3 is 14.2 Å². The summed E-state index contributed by atoms with van der Waals surface area (Å²) in [6.07, 6.45) is 0. The lowest BCUT2D eigenvalue weighted by Crippen LogP contribution is -2.50. The van der Waals surface area contributed by atoms with Crippen LogP contribution >= 0.6 is 0 Å². The van der Waals surface area contributed by atoms with Gasteiger partial charge in [0, 0.05) is 48.2 Å². The summed E-state index contributed by atoms with van der Waals surface area (Å²) in [5.74, 6) is 1.33. The first-order chi connectivity index (χ1) is 15.0. The van der Waals surface area contributed by atoms with E-state index in [1.165, 1.54) is 5.69 Å². The minimum absolute atomic E-state index is 0.0114. The Morgan fingerprint density at radius 1 is 1.00 bits per heavy atom. The zero-order valence-electron chi connectivity index (χ0n) is 17.9. The molecule has 1 aliphatic rings. The molecule has 1 amide bonds. The minimum atomic E-state index is -1.33. The van der Waals surface area contributed by atoms with E-state index < -0.39 is 10.8 Å². The lowest BCUT2D eigenvalue weighted by atomic mass is 10.1. The normalized spacial score (nSPS) is 15.2. The smallest absolute Gasteiger partial charge is 0.235 e. The summed E-state index contributed by atoms with van der Waals surface area (Å²) < 4.78 is 18.4. The number of hydrogen-bond acceptors (Lipinski definition) is 5. The van der Waals surface area contributed by atoms with E-state index >= 15 is 0 Å². The van der Waals surface area contributed by atoms with E-state index in [0.717, 1.165) is 24.2 Å². The molecule has 2 heterocycles. The van der Waals surface area contributed by atoms with Gasteiger partial charge in [-0.1, -0.05) is 35.9 Å². The Kier molecular flexibility index (Phi) is 6.51. The molecule has 31 heavy (non-hydrogen) atoms. The van der Waals surface area contributed by atoms with Gasteiger partial charge in [0.05, 0.1) is 11.4 Å². The number of hydrogen-bond donors (Lipinski definition) is 0. The maximum atomic E-state index is 12.7. The topological polar surface area (TPSA) is 66.7 Å². The fourth-order valence-corrected chi connectivity index (χ4v) is 4.80. The van der Waals surface area contributed by atoms with Crippen molar-refractivity contribution >= 4 is 22.4 Å². The summed E-state index contributed by atoms with van der Waals surface area (Å²) in [5, 5.41) is 0. The second kappa shape index (κ2) is 9.47. The van der Waals surface area contributed by atoms with Crippen molar-refractivity contribution in [2.45, 2.75) is 19.6 Å². The highest BCUT2D eigenvalue weighted by atomic mass is 32.2. The fraction of sp³-hybridized carbons (Fsp3) is 0.333. The molecule has 6 nitrogen and oxygen atoms in total. The maximum Gasteiger partial charge on any atom is 0.235 e. The first kappa shape index (κ1) is 21.3. The number of carbonyl (C=O) groups excluding carboxylic acids is 1. The van der Waals surface area contributed by atoms with Gasteiger partial charge in [-0.25, -0.2) is 4.98 Å². The van der Waals surface area contributed by atoms with Crippen molar-refractivity contribution in [1.82, 2.24) is 9.88 Å². The summed E-state index contributed by atoms with van der Waals surface area (Å²) in [7, 11) is -1.33. The zero-order valence-corrected chi connectivity index (χ0v) is 18.7. The van der Waals surface area contributed by atoms with E-state index in [-0.39, 0.29) is 17.4 Å². The molecule has 1 aliphatic heterocycles. The van der Waals surface area contributed by atoms with E-state index in [0.29, 0.717) is 30.4 Å². The average molecular weight is 438 g/mol. The second-order valence-corrected chi connectivity index (χ2v) is 9.28. The van der Waals surface area contributed by atoms with Crippen molar-refractivity contribution in [3.05, 3.63) is 71.6 Å². The largest absolute Gasteiger partial charge is 0.441 e. The van der Waals surface area contributed by atoms with Crippen LogP contribution in [0.5, 0.6) is 0 Å². The van der Waals surface area contributed by atoms with Crippen LogP contribution < -0.4 is 4.90 Å². The van der Waals surface area contributed by atoms with E-state index in [9.17, 15) is 9.00 Å². The SMILES string of the molecule is Cc1ccc(-c2nc(C[S@](=O)CC(=O)N3CCN(c4ccccc4)CC3)c(C)o2)cc1. The molecule has 0 saturated carbocycles. The summed E-state index contributed by atoms with van der Waals surface area (Å²) in [5.41, 5.74) is 3.87. The molecule has 1 aromatic heterocycles. The van der Waals surface area contributed by atoms with Gasteiger partial charge in [-0.2, -0.15) is 0 Å². The first-order valence-corrected chi connectivity index (χ1v) is 11.9. The van der Waals surface area contributed by atoms with Crippen molar-refractivity contribution < 1.29 is 13.4 Å². The van der Waals surface area contributed by atoms with Gasteiger partial charge in [0.15, 0.2) is 0 Å². The third kappa shape index (κ3) is 5.22. The summed E-state index contributed by atoms with van der Waals surface area (Å²) >= 11 is 0. The van der Waals surface area contributed by atoms with E-state index in [1.807, 2.05) is 61.2 Å². The molecule has 1 atom stereocenters. The van der Waals surface area contributed by atoms with E-state index in [4.69, 9.17) is 4.42 Å². The number of aromatic nitrogens is 1. The van der Waals surface area contributed by atoms with Crippen LogP contribution in [0.15, 0.2) is 59.0 Å². The lowest BCUT2D eigenvalue weighted by Gasteiger charge is -2.36. The highest BCUT2D eigenvalue weighted by molar-refractivity contribution is 7.84. The molecule has 4 rings (SSSR count). The number of oxazole rings is 1. The number of piperazine rings is 1. The number of rotatable bonds is 6. The van der Waals surface area contributed by atoms with Gasteiger partial charge in [0.2, 0.25) is 11.8 Å². The Morgan fingerprint density at radius 2 is 1.68 bits per heavy atom. The van der Waals surface area contributed by atoms with Gasteiger partial charge in [0.1, 0.15) is 11.5 Å². The van der Waals surface area contributed by atoms with Crippen LogP contribution in [0.2, 0.25) is 0 Å². The monoisotopic (exact) mass is 437 g/mol. The Labute approximate surface area is 185 Å². The van der Waals surface area contributed by atoms with Gasteiger partial charge in [-0.15, -0.1) is 0 Å². The Bertz CT molecular complexity index is 1060. The standard InChI is InChI=1S/C24H27N3O3S/c1-18-8-10-20(11-9-18)24-25-22(19(2)30-24)16-31(29)17-23(28)27-14-12-26(13-15-27)21-6-4-3-5-7-21/h3-11H,12-17H2,1-2H3/t31-/m0/s1. The van der Waals surface area contributed by atoms with Gasteiger partial charge in [-0.3, -0.25) is 9.00 Å². The van der Waals surface area contributed by atoms with Crippen LogP contribution in [-0.2, 0) is 21.3 Å². The Morgan fingerprint density at radius 3 is 2.35 bits per heavy atom. The van der Waals surface area contributed by atoms with Gasteiger partial charge >= 0.3 is 0 Å². The number of nitrogens with zero attached hydrogens (tertiary/aromatic N) is 3. The Balaban J connectivity index is 1.31. The van der Waals surface area contributed by atoms with Crippen molar-refractivity contribution in [1.29, 1.82) is 0 Å². The molecular formula is C24H27N3O3S. The number of para-hydroxylation sites is 1. The van der Waals surface area contributed by atoms with Crippen molar-refractivity contribution in [3.63, 3.8) is 0 Å². The number of anilines is 1. The number of benzene rings is 2. The minimum Gasteiger partial charge on any atom is -0.441 e. The molecule has 0 aliphatic carbocycles. The summed E-state index contributed by atoms with van der Waals surface area (Å²) in [6.45, 7) is 6.70. The quantitative estimate of drug-likeness (QED) is 0.590. The lowest BCUT2D eigenvalue weighted by molar-refractivity contribution is -0.128. The van der Waals surface area contributed by atoms with Crippen LogP contribution in [0.3, 0.4) is 0 Å². The van der Waals surface area contributed by atoms with Crippen molar-refractivity contribution in [3.8, 4) is 11.5 Å². The molecule has 0 bridgehead atoms. The first-order valence-electron chi connectivity index (χ1n) is 10.5. The molecule has 1 saturated heterocycles. The molecule has 162 valence electrons. The predicted octanol–water partition coefficient (Wildman–Crippen LogP) is 3.56. The predicted molar refractivity (Wildman–Crippen MR) is 123 cm³/mol. The second-order valence-electron chi connectivity index (χ2n) is 7.82. The van der Waals surface area contributed by atoms with Crippen molar-refractivity contribution in [2.75, 3.05) is 36.8 Å². The maximum absolute atomic E-state index is 12.7. The van der Waals surface area contributed by atoms with E-state index in [1.54, 1.807) is 0 Å². The van der Waals surface area contributed by atoms with E-state index in [2.05, 4.69) is 22.0 Å². The summed E-state index contributed by atoms with van der Waals surface area (Å²) in [4.78, 5) is 21.3. The highest BCUT2D eigenvalue weighted by Crippen LogP contribution is 2.23.